The number of aromatic nitrogens is 2. The fourth-order valence-electron chi connectivity index (χ4n) is 1.82. The Morgan fingerprint density at radius 1 is 1.22 bits per heavy atom. The highest BCUT2D eigenvalue weighted by Crippen LogP contribution is 2.28. The molecule has 1 heterocycles. The topological polar surface area (TPSA) is 38.0 Å². The second-order valence-electron chi connectivity index (χ2n) is 4.06. The molecule has 2 rings (SSSR count). The van der Waals surface area contributed by atoms with E-state index in [0.29, 0.717) is 6.54 Å². The molecule has 3 nitrogen and oxygen atoms in total. The molecule has 18 heavy (non-hydrogen) atoms. The molecule has 0 fully saturated rings. The largest absolute Gasteiger partial charge is 0.507 e. The lowest BCUT2D eigenvalue weighted by Crippen LogP contribution is -1.95. The summed E-state index contributed by atoms with van der Waals surface area (Å²) >= 11 is 0. The Balaban J connectivity index is 2.38. The van der Waals surface area contributed by atoms with Crippen molar-refractivity contribution in [2.24, 2.45) is 0 Å². The van der Waals surface area contributed by atoms with Gasteiger partial charge >= 0.3 is 0 Å². The van der Waals surface area contributed by atoms with Gasteiger partial charge in [-0.05, 0) is 30.2 Å². The van der Waals surface area contributed by atoms with Crippen molar-refractivity contribution in [3.8, 4) is 17.0 Å². The van der Waals surface area contributed by atoms with Crippen molar-refractivity contribution in [1.29, 1.82) is 0 Å². The standard InChI is InChI=1S/C15H16N2O/c1-3-5-12-6-7-15(18)13(11-12)14-8-10-17(16-14)9-4-2/h3-4,6-8,10-11,18H,1-2,5,9H2. The van der Waals surface area contributed by atoms with Crippen LogP contribution in [0.1, 0.15) is 5.56 Å². The number of aromatic hydroxyl groups is 1. The second-order valence-corrected chi connectivity index (χ2v) is 4.06. The van der Waals surface area contributed by atoms with E-state index in [1.54, 1.807) is 16.8 Å². The van der Waals surface area contributed by atoms with Crippen molar-refractivity contribution in [3.05, 3.63) is 61.3 Å². The van der Waals surface area contributed by atoms with E-state index in [1.807, 2.05) is 30.5 Å². The highest BCUT2D eigenvalue weighted by Gasteiger charge is 2.08. The first-order valence-corrected chi connectivity index (χ1v) is 5.82. The highest BCUT2D eigenvalue weighted by molar-refractivity contribution is 5.67. The molecule has 3 heteroatoms. The summed E-state index contributed by atoms with van der Waals surface area (Å²) in [6.45, 7) is 8.05. The smallest absolute Gasteiger partial charge is 0.125 e. The number of benzene rings is 1. The lowest BCUT2D eigenvalue weighted by Gasteiger charge is -2.04. The third-order valence-corrected chi connectivity index (χ3v) is 2.67. The minimum atomic E-state index is 0.242. The van der Waals surface area contributed by atoms with Gasteiger partial charge in [-0.15, -0.1) is 13.2 Å². The normalized spacial score (nSPS) is 10.2. The van der Waals surface area contributed by atoms with Crippen LogP contribution in [0.3, 0.4) is 0 Å². The first-order valence-electron chi connectivity index (χ1n) is 5.82. The van der Waals surface area contributed by atoms with Crippen molar-refractivity contribution < 1.29 is 5.11 Å². The Labute approximate surface area is 107 Å². The fraction of sp³-hybridized carbons (Fsp3) is 0.133. The molecule has 0 saturated heterocycles. The molecule has 2 aromatic rings. The van der Waals surface area contributed by atoms with Crippen molar-refractivity contribution in [1.82, 2.24) is 9.78 Å². The van der Waals surface area contributed by atoms with Gasteiger partial charge in [0.2, 0.25) is 0 Å². The third kappa shape index (κ3) is 2.51. The molecule has 1 N–H and O–H groups in total. The summed E-state index contributed by atoms with van der Waals surface area (Å²) in [5, 5.41) is 14.3. The molecule has 1 aromatic carbocycles. The maximum atomic E-state index is 9.90. The quantitative estimate of drug-likeness (QED) is 0.815. The van der Waals surface area contributed by atoms with Gasteiger partial charge in [-0.3, -0.25) is 4.68 Å². The molecule has 0 radical (unpaired) electrons. The van der Waals surface area contributed by atoms with Gasteiger partial charge in [0.25, 0.3) is 0 Å². The van der Waals surface area contributed by atoms with Gasteiger partial charge in [-0.25, -0.2) is 0 Å². The van der Waals surface area contributed by atoms with E-state index in [9.17, 15) is 5.11 Å². The molecular weight excluding hydrogens is 224 g/mol. The molecule has 0 unspecified atom stereocenters. The first-order chi connectivity index (χ1) is 8.74. The zero-order valence-corrected chi connectivity index (χ0v) is 10.2. The van der Waals surface area contributed by atoms with E-state index in [-0.39, 0.29) is 5.75 Å². The van der Waals surface area contributed by atoms with Crippen LogP contribution in [0.5, 0.6) is 5.75 Å². The molecule has 92 valence electrons. The number of phenolic OH excluding ortho intramolecular Hbond substituents is 1. The number of hydrogen-bond donors (Lipinski definition) is 1. The van der Waals surface area contributed by atoms with E-state index in [0.717, 1.165) is 23.2 Å². The molecule has 0 bridgehead atoms. The summed E-state index contributed by atoms with van der Waals surface area (Å²) in [7, 11) is 0. The number of rotatable bonds is 5. The Hall–Kier alpha value is -2.29. The van der Waals surface area contributed by atoms with Crippen LogP contribution in [0.4, 0.5) is 0 Å². The second kappa shape index (κ2) is 5.36. The van der Waals surface area contributed by atoms with E-state index >= 15 is 0 Å². The van der Waals surface area contributed by atoms with E-state index in [1.165, 1.54) is 0 Å². The van der Waals surface area contributed by atoms with Crippen LogP contribution < -0.4 is 0 Å². The number of allylic oxidation sites excluding steroid dienone is 2. The third-order valence-electron chi connectivity index (χ3n) is 2.67. The predicted molar refractivity (Wildman–Crippen MR) is 73.4 cm³/mol. The van der Waals surface area contributed by atoms with Crippen LogP contribution in [0, 0.1) is 0 Å². The Kier molecular flexibility index (Phi) is 3.63. The zero-order chi connectivity index (χ0) is 13.0. The molecule has 0 spiro atoms. The van der Waals surface area contributed by atoms with Gasteiger partial charge in [0, 0.05) is 11.8 Å². The van der Waals surface area contributed by atoms with Crippen molar-refractivity contribution in [2.45, 2.75) is 13.0 Å². The zero-order valence-electron chi connectivity index (χ0n) is 10.2. The Morgan fingerprint density at radius 2 is 2.06 bits per heavy atom. The summed E-state index contributed by atoms with van der Waals surface area (Å²) in [5.74, 6) is 0.242. The molecule has 0 saturated carbocycles. The predicted octanol–water partition coefficient (Wildman–Crippen LogP) is 3.17. The maximum absolute atomic E-state index is 9.90. The van der Waals surface area contributed by atoms with Gasteiger partial charge in [0.1, 0.15) is 5.75 Å². The molecule has 0 amide bonds. The molecule has 0 aliphatic carbocycles. The van der Waals surface area contributed by atoms with Gasteiger partial charge < -0.3 is 5.11 Å². The number of phenols is 1. The lowest BCUT2D eigenvalue weighted by atomic mass is 10.0. The SMILES string of the molecule is C=CCc1ccc(O)c(-c2ccn(CC=C)n2)c1. The molecule has 0 aliphatic rings. The van der Waals surface area contributed by atoms with Gasteiger partial charge in [0.15, 0.2) is 0 Å². The number of hydrogen-bond acceptors (Lipinski definition) is 2. The summed E-state index contributed by atoms with van der Waals surface area (Å²) in [6, 6.07) is 7.41. The van der Waals surface area contributed by atoms with Crippen molar-refractivity contribution >= 4 is 0 Å². The van der Waals surface area contributed by atoms with Gasteiger partial charge in [0.05, 0.1) is 12.2 Å². The highest BCUT2D eigenvalue weighted by atomic mass is 16.3. The van der Waals surface area contributed by atoms with Crippen LogP contribution in [-0.2, 0) is 13.0 Å². The van der Waals surface area contributed by atoms with E-state index in [4.69, 9.17) is 0 Å². The minimum absolute atomic E-state index is 0.242. The van der Waals surface area contributed by atoms with Gasteiger partial charge in [-0.2, -0.15) is 5.10 Å². The minimum Gasteiger partial charge on any atom is -0.507 e. The van der Waals surface area contributed by atoms with Gasteiger partial charge in [-0.1, -0.05) is 18.2 Å². The van der Waals surface area contributed by atoms with E-state index < -0.39 is 0 Å². The summed E-state index contributed by atoms with van der Waals surface area (Å²) in [4.78, 5) is 0. The van der Waals surface area contributed by atoms with Crippen molar-refractivity contribution in [3.63, 3.8) is 0 Å². The van der Waals surface area contributed by atoms with Crippen molar-refractivity contribution in [2.75, 3.05) is 0 Å². The lowest BCUT2D eigenvalue weighted by molar-refractivity contribution is 0.477. The van der Waals surface area contributed by atoms with Crippen LogP contribution in [0.2, 0.25) is 0 Å². The van der Waals surface area contributed by atoms with E-state index in [2.05, 4.69) is 18.3 Å². The molecule has 0 atom stereocenters. The number of nitrogens with zero attached hydrogens (tertiary/aromatic N) is 2. The summed E-state index contributed by atoms with van der Waals surface area (Å²) in [5.41, 5.74) is 2.62. The molecular formula is C15H16N2O. The maximum Gasteiger partial charge on any atom is 0.125 e. The Bertz CT molecular complexity index is 570. The monoisotopic (exact) mass is 240 g/mol. The van der Waals surface area contributed by atoms with Crippen LogP contribution >= 0.6 is 0 Å². The van der Waals surface area contributed by atoms with Crippen LogP contribution in [-0.4, -0.2) is 14.9 Å². The average Bonchev–Trinajstić information content (AvgIpc) is 2.81. The fourth-order valence-corrected chi connectivity index (χ4v) is 1.82. The average molecular weight is 240 g/mol. The van der Waals surface area contributed by atoms with Crippen LogP contribution in [0.15, 0.2) is 55.8 Å². The first kappa shape index (κ1) is 12.2. The molecule has 0 aliphatic heterocycles. The van der Waals surface area contributed by atoms with Crippen LogP contribution in [0.25, 0.3) is 11.3 Å². The Morgan fingerprint density at radius 3 is 2.78 bits per heavy atom. The summed E-state index contributed by atoms with van der Waals surface area (Å²) < 4.78 is 1.78. The molecule has 1 aromatic heterocycles. The summed E-state index contributed by atoms with van der Waals surface area (Å²) in [6.07, 6.45) is 6.27.